The molecular weight excluding hydrogens is 303 g/mol. The molecule has 21 heavy (non-hydrogen) atoms. The minimum atomic E-state index is -4.09. The molecule has 1 aliphatic heterocycles. The van der Waals surface area contributed by atoms with Gasteiger partial charge in [0.2, 0.25) is 10.0 Å². The van der Waals surface area contributed by atoms with Crippen LogP contribution < -0.4 is 10.1 Å². The number of ether oxygens (including phenoxy) is 1. The van der Waals surface area contributed by atoms with Crippen LogP contribution in [0.15, 0.2) is 23.1 Å². The number of halogens is 1. The molecule has 0 aromatic heterocycles. The van der Waals surface area contributed by atoms with Crippen LogP contribution in [0, 0.1) is 5.82 Å². The van der Waals surface area contributed by atoms with Gasteiger partial charge in [-0.25, -0.2) is 12.8 Å². The first kappa shape index (κ1) is 15.7. The van der Waals surface area contributed by atoms with Crippen molar-refractivity contribution in [3.8, 4) is 5.75 Å². The lowest BCUT2D eigenvalue weighted by molar-refractivity contribution is -0.141. The molecule has 116 valence electrons. The largest absolute Gasteiger partial charge is 0.494 e. The van der Waals surface area contributed by atoms with Crippen LogP contribution in [0.4, 0.5) is 4.39 Å². The van der Waals surface area contributed by atoms with Crippen LogP contribution in [-0.2, 0) is 14.8 Å². The number of nitrogens with one attached hydrogen (secondary N) is 1. The number of hydrogen-bond acceptors (Lipinski definition) is 5. The zero-order valence-electron chi connectivity index (χ0n) is 11.2. The molecule has 1 atom stereocenters. The van der Waals surface area contributed by atoms with E-state index in [1.54, 1.807) is 0 Å². The van der Waals surface area contributed by atoms with E-state index in [0.717, 1.165) is 10.4 Å². The fourth-order valence-electron chi connectivity index (χ4n) is 2.13. The first-order valence-corrected chi connectivity index (χ1v) is 7.61. The molecular formula is C12H15FN2O5S. The second kappa shape index (κ2) is 5.96. The molecule has 1 saturated heterocycles. The number of nitrogens with zero attached hydrogens (tertiary/aromatic N) is 1. The van der Waals surface area contributed by atoms with Crippen molar-refractivity contribution in [2.24, 2.45) is 0 Å². The second-order valence-electron chi connectivity index (χ2n) is 4.47. The van der Waals surface area contributed by atoms with E-state index in [9.17, 15) is 17.6 Å². The van der Waals surface area contributed by atoms with Crippen molar-refractivity contribution in [1.82, 2.24) is 9.62 Å². The number of carbonyl (C=O) groups is 1. The topological polar surface area (TPSA) is 95.9 Å². The third-order valence-corrected chi connectivity index (χ3v) is 5.11. The minimum Gasteiger partial charge on any atom is -0.494 e. The highest BCUT2D eigenvalue weighted by atomic mass is 32.2. The van der Waals surface area contributed by atoms with Crippen molar-refractivity contribution >= 4 is 16.0 Å². The molecule has 1 aromatic carbocycles. The summed E-state index contributed by atoms with van der Waals surface area (Å²) in [7, 11) is -2.82. The molecule has 1 heterocycles. The van der Waals surface area contributed by atoms with E-state index in [1.807, 2.05) is 0 Å². The Balaban J connectivity index is 2.40. The number of sulfonamides is 1. The van der Waals surface area contributed by atoms with E-state index < -0.39 is 27.9 Å². The first-order valence-electron chi connectivity index (χ1n) is 6.17. The van der Waals surface area contributed by atoms with Gasteiger partial charge >= 0.3 is 5.97 Å². The summed E-state index contributed by atoms with van der Waals surface area (Å²) >= 11 is 0. The van der Waals surface area contributed by atoms with Crippen LogP contribution in [0.25, 0.3) is 0 Å². The van der Waals surface area contributed by atoms with E-state index in [1.165, 1.54) is 19.2 Å². The number of piperazine rings is 1. The van der Waals surface area contributed by atoms with Gasteiger partial charge in [0.25, 0.3) is 0 Å². The van der Waals surface area contributed by atoms with E-state index in [-0.39, 0.29) is 23.7 Å². The van der Waals surface area contributed by atoms with Gasteiger partial charge in [-0.3, -0.25) is 4.79 Å². The van der Waals surface area contributed by atoms with Crippen LogP contribution in [0.3, 0.4) is 0 Å². The average Bonchev–Trinajstić information content (AvgIpc) is 2.47. The van der Waals surface area contributed by atoms with Gasteiger partial charge in [-0.05, 0) is 18.2 Å². The highest BCUT2D eigenvalue weighted by Gasteiger charge is 2.37. The number of rotatable bonds is 4. The lowest BCUT2D eigenvalue weighted by Crippen LogP contribution is -2.56. The highest BCUT2D eigenvalue weighted by molar-refractivity contribution is 7.89. The van der Waals surface area contributed by atoms with Gasteiger partial charge in [0, 0.05) is 19.6 Å². The van der Waals surface area contributed by atoms with Gasteiger partial charge in [0.05, 0.1) is 12.0 Å². The lowest BCUT2D eigenvalue weighted by Gasteiger charge is -2.32. The summed E-state index contributed by atoms with van der Waals surface area (Å²) in [6, 6.07) is 2.00. The number of methoxy groups -OCH3 is 1. The van der Waals surface area contributed by atoms with E-state index in [0.29, 0.717) is 6.54 Å². The monoisotopic (exact) mass is 318 g/mol. The summed E-state index contributed by atoms with van der Waals surface area (Å²) in [6.07, 6.45) is 0. The normalized spacial score (nSPS) is 20.2. The van der Waals surface area contributed by atoms with Crippen molar-refractivity contribution in [3.63, 3.8) is 0 Å². The molecule has 0 spiro atoms. The standard InChI is InChI=1S/C12H15FN2O5S/c1-20-11-3-2-8(6-9(11)13)21(18,19)15-5-4-14-7-10(15)12(16)17/h2-3,6,10,14H,4-5,7H2,1H3,(H,16,17). The highest BCUT2D eigenvalue weighted by Crippen LogP contribution is 2.24. The number of hydrogen-bond donors (Lipinski definition) is 2. The van der Waals surface area contributed by atoms with E-state index >= 15 is 0 Å². The molecule has 0 bridgehead atoms. The maximum Gasteiger partial charge on any atom is 0.323 e. The number of carboxylic acid groups (broad SMARTS) is 1. The molecule has 9 heteroatoms. The van der Waals surface area contributed by atoms with Gasteiger partial charge in [-0.2, -0.15) is 4.31 Å². The maximum atomic E-state index is 13.7. The van der Waals surface area contributed by atoms with Crippen molar-refractivity contribution in [2.45, 2.75) is 10.9 Å². The van der Waals surface area contributed by atoms with Crippen LogP contribution in [-0.4, -0.2) is 56.6 Å². The van der Waals surface area contributed by atoms with Crippen LogP contribution >= 0.6 is 0 Å². The molecule has 2 N–H and O–H groups in total. The Labute approximate surface area is 121 Å². The Morgan fingerprint density at radius 3 is 2.81 bits per heavy atom. The Morgan fingerprint density at radius 2 is 2.24 bits per heavy atom. The van der Waals surface area contributed by atoms with Gasteiger partial charge in [0.15, 0.2) is 11.6 Å². The molecule has 1 aliphatic rings. The molecule has 0 radical (unpaired) electrons. The van der Waals surface area contributed by atoms with Gasteiger partial charge < -0.3 is 15.2 Å². The SMILES string of the molecule is COc1ccc(S(=O)(=O)N2CCNCC2C(=O)O)cc1F. The molecule has 0 aliphatic carbocycles. The molecule has 7 nitrogen and oxygen atoms in total. The third kappa shape index (κ3) is 2.99. The second-order valence-corrected chi connectivity index (χ2v) is 6.36. The van der Waals surface area contributed by atoms with Gasteiger partial charge in [0.1, 0.15) is 6.04 Å². The fraction of sp³-hybridized carbons (Fsp3) is 0.417. The average molecular weight is 318 g/mol. The summed E-state index contributed by atoms with van der Waals surface area (Å²) in [5.41, 5.74) is 0. The summed E-state index contributed by atoms with van der Waals surface area (Å²) < 4.78 is 44.2. The molecule has 1 fully saturated rings. The molecule has 1 unspecified atom stereocenters. The van der Waals surface area contributed by atoms with E-state index in [2.05, 4.69) is 5.32 Å². The zero-order chi connectivity index (χ0) is 15.6. The van der Waals surface area contributed by atoms with Crippen molar-refractivity contribution in [3.05, 3.63) is 24.0 Å². The fourth-order valence-corrected chi connectivity index (χ4v) is 3.72. The van der Waals surface area contributed by atoms with Crippen molar-refractivity contribution in [1.29, 1.82) is 0 Å². The summed E-state index contributed by atoms with van der Waals surface area (Å²) in [4.78, 5) is 10.9. The van der Waals surface area contributed by atoms with Gasteiger partial charge in [-0.15, -0.1) is 0 Å². The first-order chi connectivity index (χ1) is 9.87. The Hall–Kier alpha value is -1.71. The quantitative estimate of drug-likeness (QED) is 0.804. The molecule has 0 amide bonds. The maximum absolute atomic E-state index is 13.7. The zero-order valence-corrected chi connectivity index (χ0v) is 12.1. The lowest BCUT2D eigenvalue weighted by atomic mass is 10.2. The van der Waals surface area contributed by atoms with Crippen LogP contribution in [0.1, 0.15) is 0 Å². The predicted molar refractivity (Wildman–Crippen MR) is 71.1 cm³/mol. The summed E-state index contributed by atoms with van der Waals surface area (Å²) in [6.45, 7) is 0.349. The smallest absolute Gasteiger partial charge is 0.323 e. The molecule has 2 rings (SSSR count). The third-order valence-electron chi connectivity index (χ3n) is 3.21. The number of benzene rings is 1. The van der Waals surface area contributed by atoms with Crippen LogP contribution in [0.2, 0.25) is 0 Å². The molecule has 0 saturated carbocycles. The Kier molecular flexibility index (Phi) is 4.45. The molecule has 1 aromatic rings. The Morgan fingerprint density at radius 1 is 1.52 bits per heavy atom. The van der Waals surface area contributed by atoms with Gasteiger partial charge in [-0.1, -0.05) is 0 Å². The summed E-state index contributed by atoms with van der Waals surface area (Å²) in [5.74, 6) is -2.15. The van der Waals surface area contributed by atoms with Crippen molar-refractivity contribution in [2.75, 3.05) is 26.7 Å². The summed E-state index contributed by atoms with van der Waals surface area (Å²) in [5, 5.41) is 11.9. The minimum absolute atomic E-state index is 0.00689. The number of aliphatic carboxylic acids is 1. The van der Waals surface area contributed by atoms with Crippen LogP contribution in [0.5, 0.6) is 5.75 Å². The Bertz CT molecular complexity index is 649. The van der Waals surface area contributed by atoms with E-state index in [4.69, 9.17) is 9.84 Å². The predicted octanol–water partition coefficient (Wildman–Crippen LogP) is -0.119. The van der Waals surface area contributed by atoms with Crippen molar-refractivity contribution < 1.29 is 27.4 Å². The number of carboxylic acids is 1.